The highest BCUT2D eigenvalue weighted by atomic mass is 79.9. The van der Waals surface area contributed by atoms with Crippen molar-refractivity contribution in [3.05, 3.63) is 63.5 Å². The highest BCUT2D eigenvalue weighted by Gasteiger charge is 2.18. The van der Waals surface area contributed by atoms with Crippen molar-refractivity contribution in [2.45, 2.75) is 12.8 Å². The van der Waals surface area contributed by atoms with Crippen molar-refractivity contribution < 1.29 is 0 Å². The first-order chi connectivity index (χ1) is 10.8. The van der Waals surface area contributed by atoms with Gasteiger partial charge in [-0.1, -0.05) is 58.4 Å². The molecule has 0 atom stereocenters. The van der Waals surface area contributed by atoms with Crippen LogP contribution in [-0.4, -0.2) is 0 Å². The van der Waals surface area contributed by atoms with Crippen LogP contribution in [0.15, 0.2) is 53.0 Å². The van der Waals surface area contributed by atoms with E-state index in [1.54, 1.807) is 0 Å². The van der Waals surface area contributed by atoms with Crippen LogP contribution in [-0.2, 0) is 6.42 Å². The Hall–Kier alpha value is -1.64. The monoisotopic (exact) mass is 364 g/mol. The minimum absolute atomic E-state index is 1.14. The Labute approximate surface area is 141 Å². The van der Waals surface area contributed by atoms with E-state index in [9.17, 15) is 0 Å². The molecular formula is C20H13BrS. The van der Waals surface area contributed by atoms with Gasteiger partial charge in [-0.2, -0.15) is 0 Å². The second kappa shape index (κ2) is 4.68. The van der Waals surface area contributed by atoms with Crippen LogP contribution in [0.3, 0.4) is 0 Å². The Morgan fingerprint density at radius 3 is 2.68 bits per heavy atom. The Balaban J connectivity index is 2.14. The maximum absolute atomic E-state index is 3.64. The minimum Gasteiger partial charge on any atom is -0.139 e. The molecule has 0 spiro atoms. The molecule has 0 radical (unpaired) electrons. The van der Waals surface area contributed by atoms with E-state index in [0.717, 1.165) is 4.47 Å². The van der Waals surface area contributed by atoms with Crippen molar-refractivity contribution in [2.24, 2.45) is 0 Å². The third kappa shape index (κ3) is 1.68. The number of thiophene rings is 1. The van der Waals surface area contributed by atoms with E-state index < -0.39 is 0 Å². The van der Waals surface area contributed by atoms with E-state index in [4.69, 9.17) is 0 Å². The summed E-state index contributed by atoms with van der Waals surface area (Å²) in [6.07, 6.45) is 6.99. The summed E-state index contributed by atoms with van der Waals surface area (Å²) in [5, 5.41) is 6.90. The molecule has 5 rings (SSSR count). The molecule has 22 heavy (non-hydrogen) atoms. The summed E-state index contributed by atoms with van der Waals surface area (Å²) in [6.45, 7) is 0. The van der Waals surface area contributed by atoms with Gasteiger partial charge in [0.2, 0.25) is 0 Å². The fourth-order valence-corrected chi connectivity index (χ4v) is 5.32. The maximum Gasteiger partial charge on any atom is 0.0436 e. The zero-order valence-corrected chi connectivity index (χ0v) is 14.3. The van der Waals surface area contributed by atoms with Crippen LogP contribution in [0, 0.1) is 0 Å². The Morgan fingerprint density at radius 2 is 1.77 bits per heavy atom. The number of hydrogen-bond acceptors (Lipinski definition) is 1. The molecule has 1 aliphatic rings. The Bertz CT molecular complexity index is 1090. The first-order valence-electron chi connectivity index (χ1n) is 7.55. The Kier molecular flexibility index (Phi) is 2.73. The van der Waals surface area contributed by atoms with Crippen molar-refractivity contribution in [3.8, 4) is 0 Å². The molecule has 0 saturated heterocycles. The lowest BCUT2D eigenvalue weighted by Gasteiger charge is -2.09. The normalized spacial score (nSPS) is 14.0. The molecule has 0 fully saturated rings. The van der Waals surface area contributed by atoms with Gasteiger partial charge in [0.25, 0.3) is 0 Å². The first kappa shape index (κ1) is 12.9. The van der Waals surface area contributed by atoms with Crippen LogP contribution < -0.4 is 0 Å². The van der Waals surface area contributed by atoms with Crippen LogP contribution in [0.5, 0.6) is 0 Å². The van der Waals surface area contributed by atoms with Gasteiger partial charge in [-0.05, 0) is 46.7 Å². The van der Waals surface area contributed by atoms with Crippen molar-refractivity contribution in [2.75, 3.05) is 0 Å². The summed E-state index contributed by atoms with van der Waals surface area (Å²) >= 11 is 5.62. The Morgan fingerprint density at radius 1 is 0.909 bits per heavy atom. The molecule has 0 N–H and O–H groups in total. The van der Waals surface area contributed by atoms with E-state index in [0.29, 0.717) is 0 Å². The molecule has 0 nitrogen and oxygen atoms in total. The SMILES string of the molecule is Brc1ccc2c(c1)c1ccccc1c1sc3c(c21)C=CCC3. The summed E-state index contributed by atoms with van der Waals surface area (Å²) in [4.78, 5) is 1.54. The van der Waals surface area contributed by atoms with Gasteiger partial charge >= 0.3 is 0 Å². The molecule has 0 saturated carbocycles. The second-order valence-corrected chi connectivity index (χ2v) is 7.84. The molecule has 1 aromatic heterocycles. The quantitative estimate of drug-likeness (QED) is 0.296. The van der Waals surface area contributed by atoms with E-state index >= 15 is 0 Å². The van der Waals surface area contributed by atoms with Crippen LogP contribution in [0.25, 0.3) is 37.7 Å². The van der Waals surface area contributed by atoms with Gasteiger partial charge < -0.3 is 0 Å². The van der Waals surface area contributed by atoms with Gasteiger partial charge in [0.15, 0.2) is 0 Å². The molecule has 3 aromatic carbocycles. The molecule has 0 unspecified atom stereocenters. The average Bonchev–Trinajstić information content (AvgIpc) is 2.95. The number of aryl methyl sites for hydroxylation is 1. The average molecular weight is 365 g/mol. The number of halogens is 1. The number of rotatable bonds is 0. The third-order valence-corrected chi connectivity index (χ3v) is 6.35. The van der Waals surface area contributed by atoms with Crippen molar-refractivity contribution in [3.63, 3.8) is 0 Å². The standard InChI is InChI=1S/C20H13BrS/c21-12-9-10-14-17(11-12)13-5-1-2-6-15(13)20-19(14)16-7-3-4-8-18(16)22-20/h1-3,5-7,9-11H,4,8H2. The second-order valence-electron chi connectivity index (χ2n) is 5.82. The molecule has 0 aliphatic heterocycles. The molecule has 2 heteroatoms. The fraction of sp³-hybridized carbons (Fsp3) is 0.100. The zero-order chi connectivity index (χ0) is 14.7. The van der Waals surface area contributed by atoms with Crippen LogP contribution in [0.4, 0.5) is 0 Å². The fourth-order valence-electron chi connectivity index (χ4n) is 3.60. The van der Waals surface area contributed by atoms with Gasteiger partial charge in [0.1, 0.15) is 0 Å². The van der Waals surface area contributed by atoms with Crippen molar-refractivity contribution in [1.82, 2.24) is 0 Å². The van der Waals surface area contributed by atoms with Gasteiger partial charge in [0, 0.05) is 24.8 Å². The van der Waals surface area contributed by atoms with Crippen molar-refractivity contribution >= 4 is 65.0 Å². The van der Waals surface area contributed by atoms with E-state index in [1.807, 2.05) is 11.3 Å². The summed E-state index contributed by atoms with van der Waals surface area (Å²) < 4.78 is 2.59. The van der Waals surface area contributed by atoms with E-state index in [-0.39, 0.29) is 0 Å². The summed E-state index contributed by atoms with van der Waals surface area (Å²) in [5.74, 6) is 0. The van der Waals surface area contributed by atoms with E-state index in [2.05, 4.69) is 70.5 Å². The van der Waals surface area contributed by atoms with Crippen LogP contribution in [0.1, 0.15) is 16.9 Å². The highest BCUT2D eigenvalue weighted by Crippen LogP contribution is 2.44. The molecular weight excluding hydrogens is 352 g/mol. The predicted octanol–water partition coefficient (Wildman–Crippen LogP) is 6.93. The molecule has 0 amide bonds. The third-order valence-electron chi connectivity index (χ3n) is 4.56. The molecule has 1 heterocycles. The number of hydrogen-bond donors (Lipinski definition) is 0. The van der Waals surface area contributed by atoms with Crippen molar-refractivity contribution in [1.29, 1.82) is 0 Å². The highest BCUT2D eigenvalue weighted by molar-refractivity contribution is 9.10. The molecule has 106 valence electrons. The van der Waals surface area contributed by atoms with Crippen LogP contribution in [0.2, 0.25) is 0 Å². The first-order valence-corrected chi connectivity index (χ1v) is 9.16. The summed E-state index contributed by atoms with van der Waals surface area (Å²) in [7, 11) is 0. The lowest BCUT2D eigenvalue weighted by atomic mass is 9.94. The van der Waals surface area contributed by atoms with Crippen LogP contribution >= 0.6 is 27.3 Å². The van der Waals surface area contributed by atoms with Gasteiger partial charge in [-0.25, -0.2) is 0 Å². The molecule has 1 aliphatic carbocycles. The largest absolute Gasteiger partial charge is 0.139 e. The molecule has 4 aromatic rings. The zero-order valence-electron chi connectivity index (χ0n) is 11.9. The topological polar surface area (TPSA) is 0 Å². The number of allylic oxidation sites excluding steroid dienone is 1. The summed E-state index contributed by atoms with van der Waals surface area (Å²) in [6, 6.07) is 15.5. The van der Waals surface area contributed by atoms with Gasteiger partial charge in [0.05, 0.1) is 0 Å². The minimum atomic E-state index is 1.14. The smallest absolute Gasteiger partial charge is 0.0436 e. The maximum atomic E-state index is 3.64. The number of benzene rings is 3. The lowest BCUT2D eigenvalue weighted by molar-refractivity contribution is 1.02. The van der Waals surface area contributed by atoms with E-state index in [1.165, 1.54) is 54.9 Å². The molecule has 0 bridgehead atoms. The summed E-state index contributed by atoms with van der Waals surface area (Å²) in [5.41, 5.74) is 1.45. The van der Waals surface area contributed by atoms with Gasteiger partial charge in [-0.3, -0.25) is 0 Å². The lowest BCUT2D eigenvalue weighted by Crippen LogP contribution is -1.88. The number of fused-ring (bicyclic) bond motifs is 8. The van der Waals surface area contributed by atoms with Gasteiger partial charge in [-0.15, -0.1) is 11.3 Å². The predicted molar refractivity (Wildman–Crippen MR) is 102 cm³/mol.